The number of hydrogen-bond donors (Lipinski definition) is 2. The number of amides is 2. The van der Waals surface area contributed by atoms with E-state index in [0.717, 1.165) is 25.1 Å². The highest BCUT2D eigenvalue weighted by atomic mass is 16.3. The number of urea groups is 1. The van der Waals surface area contributed by atoms with Gasteiger partial charge in [0.25, 0.3) is 0 Å². The summed E-state index contributed by atoms with van der Waals surface area (Å²) in [4.78, 5) is 13.9. The molecular weight excluding hydrogens is 268 g/mol. The van der Waals surface area contributed by atoms with Crippen LogP contribution in [0.4, 0.5) is 10.6 Å². The highest BCUT2D eigenvalue weighted by Gasteiger charge is 2.23. The molecule has 2 heterocycles. The minimum absolute atomic E-state index is 0.0588. The molecule has 1 unspecified atom stereocenters. The number of hydrogen-bond acceptors (Lipinski definition) is 4. The average Bonchev–Trinajstić information content (AvgIpc) is 2.47. The number of nitrogens with one attached hydrogen (secondary N) is 1. The number of aliphatic hydroxyl groups excluding tert-OH is 1. The van der Waals surface area contributed by atoms with Gasteiger partial charge in [0.15, 0.2) is 5.82 Å². The van der Waals surface area contributed by atoms with Crippen LogP contribution in [0.15, 0.2) is 12.1 Å². The summed E-state index contributed by atoms with van der Waals surface area (Å²) in [6.07, 6.45) is 1.90. The second-order valence-corrected chi connectivity index (χ2v) is 6.62. The molecule has 0 radical (unpaired) electrons. The first-order valence-electron chi connectivity index (χ1n) is 7.41. The summed E-state index contributed by atoms with van der Waals surface area (Å²) in [5.74, 6) is 0.637. The van der Waals surface area contributed by atoms with Gasteiger partial charge in [-0.3, -0.25) is 5.32 Å². The lowest BCUT2D eigenvalue weighted by Gasteiger charge is -2.31. The third-order valence-electron chi connectivity index (χ3n) is 3.73. The van der Waals surface area contributed by atoms with Crippen LogP contribution in [0.2, 0.25) is 0 Å². The first-order chi connectivity index (χ1) is 9.90. The van der Waals surface area contributed by atoms with E-state index in [-0.39, 0.29) is 24.0 Å². The quantitative estimate of drug-likeness (QED) is 0.874. The molecule has 2 N–H and O–H groups in total. The van der Waals surface area contributed by atoms with Gasteiger partial charge in [-0.05, 0) is 30.9 Å². The maximum atomic E-state index is 12.2. The summed E-state index contributed by atoms with van der Waals surface area (Å²) in [5, 5.41) is 20.2. The molecule has 0 aromatic carbocycles. The number of piperidine rings is 1. The third kappa shape index (κ3) is 4.14. The number of anilines is 1. The Morgan fingerprint density at radius 2 is 2.19 bits per heavy atom. The van der Waals surface area contributed by atoms with E-state index in [1.165, 1.54) is 0 Å². The second kappa shape index (κ2) is 6.39. The molecule has 1 atom stereocenters. The molecule has 1 aromatic heterocycles. The summed E-state index contributed by atoms with van der Waals surface area (Å²) in [6.45, 7) is 7.64. The fraction of sp³-hybridized carbons (Fsp3) is 0.667. The average molecular weight is 292 g/mol. The van der Waals surface area contributed by atoms with E-state index in [2.05, 4.69) is 36.3 Å². The van der Waals surface area contributed by atoms with Gasteiger partial charge in [0.05, 0.1) is 5.69 Å². The van der Waals surface area contributed by atoms with Crippen molar-refractivity contribution in [1.29, 1.82) is 0 Å². The fourth-order valence-corrected chi connectivity index (χ4v) is 2.39. The van der Waals surface area contributed by atoms with E-state index >= 15 is 0 Å². The van der Waals surface area contributed by atoms with Crippen molar-refractivity contribution in [2.45, 2.75) is 39.0 Å². The summed E-state index contributed by atoms with van der Waals surface area (Å²) >= 11 is 0. The number of likely N-dealkylation sites (tertiary alicyclic amines) is 1. The second-order valence-electron chi connectivity index (χ2n) is 6.62. The Morgan fingerprint density at radius 3 is 2.76 bits per heavy atom. The zero-order valence-electron chi connectivity index (χ0n) is 13.0. The molecule has 6 nitrogen and oxygen atoms in total. The highest BCUT2D eigenvalue weighted by molar-refractivity contribution is 5.88. The SMILES string of the molecule is CC(C)(C)c1ccc(NC(=O)N2CCCC(CO)C2)nn1. The number of nitrogens with zero attached hydrogens (tertiary/aromatic N) is 3. The van der Waals surface area contributed by atoms with Crippen LogP contribution in [-0.2, 0) is 5.41 Å². The normalized spacial score (nSPS) is 19.4. The molecule has 0 bridgehead atoms. The molecule has 0 saturated carbocycles. The Bertz CT molecular complexity index is 481. The molecule has 116 valence electrons. The van der Waals surface area contributed by atoms with Crippen LogP contribution in [0, 0.1) is 5.92 Å². The predicted molar refractivity (Wildman–Crippen MR) is 81.1 cm³/mol. The van der Waals surface area contributed by atoms with E-state index in [1.54, 1.807) is 11.0 Å². The fourth-order valence-electron chi connectivity index (χ4n) is 2.39. The van der Waals surface area contributed by atoms with Gasteiger partial charge in [0.2, 0.25) is 0 Å². The zero-order valence-corrected chi connectivity index (χ0v) is 13.0. The van der Waals surface area contributed by atoms with E-state index in [1.807, 2.05) is 6.07 Å². The molecule has 1 saturated heterocycles. The van der Waals surface area contributed by atoms with Crippen molar-refractivity contribution in [3.63, 3.8) is 0 Å². The van der Waals surface area contributed by atoms with Crippen molar-refractivity contribution in [2.75, 3.05) is 25.0 Å². The molecular formula is C15H24N4O2. The van der Waals surface area contributed by atoms with Crippen LogP contribution < -0.4 is 5.32 Å². The Balaban J connectivity index is 1.96. The molecule has 2 rings (SSSR count). The summed E-state index contributed by atoms with van der Waals surface area (Å²) in [6, 6.07) is 3.49. The maximum Gasteiger partial charge on any atom is 0.323 e. The molecule has 1 aromatic rings. The van der Waals surface area contributed by atoms with Crippen molar-refractivity contribution in [3.05, 3.63) is 17.8 Å². The van der Waals surface area contributed by atoms with Gasteiger partial charge >= 0.3 is 6.03 Å². The van der Waals surface area contributed by atoms with Crippen LogP contribution in [0.5, 0.6) is 0 Å². The van der Waals surface area contributed by atoms with Gasteiger partial charge in [-0.15, -0.1) is 5.10 Å². The number of rotatable bonds is 2. The van der Waals surface area contributed by atoms with Crippen LogP contribution in [-0.4, -0.2) is 45.9 Å². The van der Waals surface area contributed by atoms with Crippen LogP contribution in [0.25, 0.3) is 0 Å². The molecule has 1 aliphatic heterocycles. The van der Waals surface area contributed by atoms with Crippen LogP contribution in [0.3, 0.4) is 0 Å². The molecule has 21 heavy (non-hydrogen) atoms. The minimum atomic E-state index is -0.175. The third-order valence-corrected chi connectivity index (χ3v) is 3.73. The van der Waals surface area contributed by atoms with Gasteiger partial charge < -0.3 is 10.0 Å². The smallest absolute Gasteiger partial charge is 0.323 e. The standard InChI is InChI=1S/C15H24N4O2/c1-15(2,3)12-6-7-13(18-17-12)16-14(21)19-8-4-5-11(9-19)10-20/h6-7,11,20H,4-5,8-10H2,1-3H3,(H,16,18,21). The number of carbonyl (C=O) groups excluding carboxylic acids is 1. The minimum Gasteiger partial charge on any atom is -0.396 e. The Labute approximate surface area is 125 Å². The number of carbonyl (C=O) groups is 1. The Kier molecular flexibility index (Phi) is 4.77. The van der Waals surface area contributed by atoms with Crippen molar-refractivity contribution < 1.29 is 9.90 Å². The predicted octanol–water partition coefficient (Wildman–Crippen LogP) is 2.01. The molecule has 6 heteroatoms. The van der Waals surface area contributed by atoms with Gasteiger partial charge in [-0.2, -0.15) is 5.10 Å². The lowest BCUT2D eigenvalue weighted by Crippen LogP contribution is -2.43. The van der Waals surface area contributed by atoms with E-state index in [9.17, 15) is 9.90 Å². The van der Waals surface area contributed by atoms with Crippen molar-refractivity contribution >= 4 is 11.8 Å². The largest absolute Gasteiger partial charge is 0.396 e. The molecule has 1 fully saturated rings. The highest BCUT2D eigenvalue weighted by Crippen LogP contribution is 2.20. The first kappa shape index (κ1) is 15.7. The molecule has 0 spiro atoms. The Hall–Kier alpha value is -1.69. The van der Waals surface area contributed by atoms with Crippen molar-refractivity contribution in [3.8, 4) is 0 Å². The number of aromatic nitrogens is 2. The van der Waals surface area contributed by atoms with Crippen molar-refractivity contribution in [2.24, 2.45) is 5.92 Å². The lowest BCUT2D eigenvalue weighted by molar-refractivity contribution is 0.136. The van der Waals surface area contributed by atoms with Gasteiger partial charge in [-0.25, -0.2) is 4.79 Å². The molecule has 2 amide bonds. The maximum absolute atomic E-state index is 12.2. The zero-order chi connectivity index (χ0) is 15.5. The number of aliphatic hydroxyl groups is 1. The van der Waals surface area contributed by atoms with Gasteiger partial charge in [0, 0.05) is 25.1 Å². The van der Waals surface area contributed by atoms with E-state index < -0.39 is 0 Å². The topological polar surface area (TPSA) is 78.4 Å². The molecule has 0 aliphatic carbocycles. The van der Waals surface area contributed by atoms with Crippen molar-refractivity contribution in [1.82, 2.24) is 15.1 Å². The van der Waals surface area contributed by atoms with Gasteiger partial charge in [-0.1, -0.05) is 20.8 Å². The summed E-state index contributed by atoms with van der Waals surface area (Å²) in [5.41, 5.74) is 0.829. The van der Waals surface area contributed by atoms with Crippen LogP contribution in [0.1, 0.15) is 39.3 Å². The van der Waals surface area contributed by atoms with E-state index in [4.69, 9.17) is 0 Å². The molecule has 1 aliphatic rings. The Morgan fingerprint density at radius 1 is 1.43 bits per heavy atom. The summed E-state index contributed by atoms with van der Waals surface area (Å²) in [7, 11) is 0. The summed E-state index contributed by atoms with van der Waals surface area (Å²) < 4.78 is 0. The lowest BCUT2D eigenvalue weighted by atomic mass is 9.92. The van der Waals surface area contributed by atoms with E-state index in [0.29, 0.717) is 12.4 Å². The van der Waals surface area contributed by atoms with Gasteiger partial charge in [0.1, 0.15) is 0 Å². The monoisotopic (exact) mass is 292 g/mol. The first-order valence-corrected chi connectivity index (χ1v) is 7.41. The van der Waals surface area contributed by atoms with Crippen LogP contribution >= 0.6 is 0 Å².